The third kappa shape index (κ3) is 4.68. The molecule has 1 aromatic rings. The summed E-state index contributed by atoms with van der Waals surface area (Å²) < 4.78 is 0. The van der Waals surface area contributed by atoms with Crippen molar-refractivity contribution in [2.75, 3.05) is 0 Å². The second-order valence-corrected chi connectivity index (χ2v) is 8.20. The van der Waals surface area contributed by atoms with Crippen LogP contribution in [0.3, 0.4) is 0 Å². The lowest BCUT2D eigenvalue weighted by molar-refractivity contribution is -0.134. The predicted molar refractivity (Wildman–Crippen MR) is 104 cm³/mol. The summed E-state index contributed by atoms with van der Waals surface area (Å²) in [6.45, 7) is 2.78. The minimum atomic E-state index is -0.134. The van der Waals surface area contributed by atoms with Crippen LogP contribution < -0.4 is 16.2 Å². The van der Waals surface area contributed by atoms with Crippen LogP contribution in [0.5, 0.6) is 0 Å². The monoisotopic (exact) mass is 370 g/mol. The topological polar surface area (TPSA) is 73.5 Å². The van der Waals surface area contributed by atoms with Gasteiger partial charge in [-0.2, -0.15) is 0 Å². The maximum absolute atomic E-state index is 13.0. The standard InChI is InChI=1S/C21H30N4O2/c1-2-3-17-12-19(24-23-17)21(27)25(18-10-11-18)13-14-4-6-15(7-5-14)20(26)22-16-8-9-16/h4-7,16-19,23-24H,2-3,8-13H2,1H3,(H,22,26). The van der Waals surface area contributed by atoms with Crippen molar-refractivity contribution in [1.29, 1.82) is 0 Å². The van der Waals surface area contributed by atoms with Crippen LogP contribution in [0, 0.1) is 0 Å². The van der Waals surface area contributed by atoms with Crippen LogP contribution in [0.15, 0.2) is 24.3 Å². The van der Waals surface area contributed by atoms with Crippen LogP contribution in [-0.2, 0) is 11.3 Å². The summed E-state index contributed by atoms with van der Waals surface area (Å²) in [7, 11) is 0. The molecule has 2 atom stereocenters. The number of nitrogens with one attached hydrogen (secondary N) is 3. The number of hydrogen-bond acceptors (Lipinski definition) is 4. The Morgan fingerprint density at radius 2 is 1.85 bits per heavy atom. The van der Waals surface area contributed by atoms with Crippen LogP contribution in [-0.4, -0.2) is 40.9 Å². The van der Waals surface area contributed by atoms with Crippen molar-refractivity contribution in [2.45, 2.75) is 82.6 Å². The molecule has 1 aliphatic heterocycles. The van der Waals surface area contributed by atoms with E-state index in [2.05, 4.69) is 23.1 Å². The first-order chi connectivity index (χ1) is 13.1. The van der Waals surface area contributed by atoms with Crippen molar-refractivity contribution >= 4 is 11.8 Å². The molecule has 0 bridgehead atoms. The average molecular weight is 370 g/mol. The van der Waals surface area contributed by atoms with E-state index < -0.39 is 0 Å². The van der Waals surface area contributed by atoms with Gasteiger partial charge in [0.05, 0.1) is 0 Å². The fraction of sp³-hybridized carbons (Fsp3) is 0.619. The maximum Gasteiger partial charge on any atom is 0.251 e. The summed E-state index contributed by atoms with van der Waals surface area (Å²) in [6, 6.07) is 8.67. The fourth-order valence-electron chi connectivity index (χ4n) is 3.75. The number of carbonyl (C=O) groups is 2. The van der Waals surface area contributed by atoms with Crippen molar-refractivity contribution in [3.8, 4) is 0 Å². The third-order valence-corrected chi connectivity index (χ3v) is 5.67. The molecule has 3 N–H and O–H groups in total. The molecule has 0 radical (unpaired) electrons. The van der Waals surface area contributed by atoms with Gasteiger partial charge in [-0.3, -0.25) is 15.0 Å². The molecular formula is C21H30N4O2. The highest BCUT2D eigenvalue weighted by molar-refractivity contribution is 5.94. The molecule has 1 saturated heterocycles. The Kier molecular flexibility index (Phi) is 5.45. The Labute approximate surface area is 161 Å². The highest BCUT2D eigenvalue weighted by atomic mass is 16.2. The summed E-state index contributed by atoms with van der Waals surface area (Å²) in [6.07, 6.45) is 7.42. The molecule has 1 aromatic carbocycles. The zero-order chi connectivity index (χ0) is 18.8. The van der Waals surface area contributed by atoms with Gasteiger partial charge in [0.1, 0.15) is 6.04 Å². The third-order valence-electron chi connectivity index (χ3n) is 5.67. The molecule has 3 fully saturated rings. The lowest BCUT2D eigenvalue weighted by atomic mass is 10.0. The van der Waals surface area contributed by atoms with Gasteiger partial charge in [-0.25, -0.2) is 5.43 Å². The lowest BCUT2D eigenvalue weighted by Gasteiger charge is -2.25. The van der Waals surface area contributed by atoms with Gasteiger partial charge in [-0.1, -0.05) is 25.5 Å². The minimum Gasteiger partial charge on any atom is -0.349 e. The predicted octanol–water partition coefficient (Wildman–Crippen LogP) is 2.10. The normalized spacial score (nSPS) is 24.6. The van der Waals surface area contributed by atoms with Crippen molar-refractivity contribution < 1.29 is 9.59 Å². The van der Waals surface area contributed by atoms with Gasteiger partial charge in [0, 0.05) is 30.2 Å². The van der Waals surface area contributed by atoms with Gasteiger partial charge in [0.2, 0.25) is 5.91 Å². The van der Waals surface area contributed by atoms with Crippen molar-refractivity contribution in [2.24, 2.45) is 0 Å². The Morgan fingerprint density at radius 3 is 2.48 bits per heavy atom. The number of carbonyl (C=O) groups excluding carboxylic acids is 2. The molecule has 0 spiro atoms. The summed E-state index contributed by atoms with van der Waals surface area (Å²) in [4.78, 5) is 27.2. The van der Waals surface area contributed by atoms with Crippen molar-refractivity contribution in [1.82, 2.24) is 21.1 Å². The summed E-state index contributed by atoms with van der Waals surface area (Å²) in [5, 5.41) is 3.01. The summed E-state index contributed by atoms with van der Waals surface area (Å²) in [5.74, 6) is 0.196. The number of rotatable bonds is 8. The largest absolute Gasteiger partial charge is 0.349 e. The quantitative estimate of drug-likeness (QED) is 0.655. The molecule has 2 saturated carbocycles. The molecule has 2 amide bonds. The second-order valence-electron chi connectivity index (χ2n) is 8.20. The summed E-state index contributed by atoms with van der Waals surface area (Å²) in [5.41, 5.74) is 8.23. The molecule has 0 aromatic heterocycles. The van der Waals surface area contributed by atoms with Gasteiger partial charge in [0.25, 0.3) is 5.91 Å². The maximum atomic E-state index is 13.0. The zero-order valence-electron chi connectivity index (χ0n) is 16.0. The fourth-order valence-corrected chi connectivity index (χ4v) is 3.75. The van der Waals surface area contributed by atoms with E-state index >= 15 is 0 Å². The lowest BCUT2D eigenvalue weighted by Crippen LogP contribution is -2.46. The van der Waals surface area contributed by atoms with E-state index in [0.717, 1.165) is 50.5 Å². The first kappa shape index (κ1) is 18.4. The van der Waals surface area contributed by atoms with Crippen LogP contribution >= 0.6 is 0 Å². The van der Waals surface area contributed by atoms with E-state index in [9.17, 15) is 9.59 Å². The second kappa shape index (κ2) is 7.98. The first-order valence-corrected chi connectivity index (χ1v) is 10.4. The van der Waals surface area contributed by atoms with Crippen LogP contribution in [0.1, 0.15) is 67.8 Å². The Hall–Kier alpha value is -1.92. The van der Waals surface area contributed by atoms with E-state index in [1.165, 1.54) is 0 Å². The van der Waals surface area contributed by atoms with E-state index in [0.29, 0.717) is 30.2 Å². The van der Waals surface area contributed by atoms with Gasteiger partial charge in [0.15, 0.2) is 0 Å². The summed E-state index contributed by atoms with van der Waals surface area (Å²) >= 11 is 0. The molecule has 4 rings (SSSR count). The molecular weight excluding hydrogens is 340 g/mol. The zero-order valence-corrected chi connectivity index (χ0v) is 16.0. The Balaban J connectivity index is 1.37. The van der Waals surface area contributed by atoms with Crippen LogP contribution in [0.4, 0.5) is 0 Å². The highest BCUT2D eigenvalue weighted by Gasteiger charge is 2.38. The average Bonchev–Trinajstić information content (AvgIpc) is 3.60. The van der Waals surface area contributed by atoms with E-state index in [1.54, 1.807) is 0 Å². The van der Waals surface area contributed by atoms with E-state index in [1.807, 2.05) is 29.2 Å². The van der Waals surface area contributed by atoms with Gasteiger partial charge >= 0.3 is 0 Å². The van der Waals surface area contributed by atoms with Gasteiger partial charge < -0.3 is 10.2 Å². The SMILES string of the molecule is CCCC1CC(C(=O)N(Cc2ccc(C(=O)NC3CC3)cc2)C2CC2)NN1. The highest BCUT2D eigenvalue weighted by Crippen LogP contribution is 2.30. The molecule has 2 unspecified atom stereocenters. The number of nitrogens with zero attached hydrogens (tertiary/aromatic N) is 1. The van der Waals surface area contributed by atoms with Crippen molar-refractivity contribution in [3.63, 3.8) is 0 Å². The number of amides is 2. The Bertz CT molecular complexity index is 682. The smallest absolute Gasteiger partial charge is 0.251 e. The number of hydrazine groups is 1. The molecule has 6 heteroatoms. The molecule has 27 heavy (non-hydrogen) atoms. The molecule has 3 aliphatic rings. The molecule has 6 nitrogen and oxygen atoms in total. The molecule has 146 valence electrons. The van der Waals surface area contributed by atoms with Crippen LogP contribution in [0.25, 0.3) is 0 Å². The Morgan fingerprint density at radius 1 is 1.11 bits per heavy atom. The minimum absolute atomic E-state index is 0.00220. The number of hydrogen-bond donors (Lipinski definition) is 3. The van der Waals surface area contributed by atoms with E-state index in [4.69, 9.17) is 0 Å². The van der Waals surface area contributed by atoms with Gasteiger partial charge in [-0.05, 0) is 56.2 Å². The number of benzene rings is 1. The first-order valence-electron chi connectivity index (χ1n) is 10.4. The van der Waals surface area contributed by atoms with E-state index in [-0.39, 0.29) is 17.9 Å². The molecule has 2 aliphatic carbocycles. The van der Waals surface area contributed by atoms with Crippen LogP contribution in [0.2, 0.25) is 0 Å². The van der Waals surface area contributed by atoms with Gasteiger partial charge in [-0.15, -0.1) is 0 Å². The molecule has 1 heterocycles. The van der Waals surface area contributed by atoms with Crippen molar-refractivity contribution in [3.05, 3.63) is 35.4 Å².